The summed E-state index contributed by atoms with van der Waals surface area (Å²) in [6, 6.07) is 9.70. The first-order valence-corrected chi connectivity index (χ1v) is 7.68. The molecule has 1 aromatic carbocycles. The fourth-order valence-corrected chi connectivity index (χ4v) is 3.38. The molecule has 0 atom stereocenters. The summed E-state index contributed by atoms with van der Waals surface area (Å²) >= 11 is 10.2. The van der Waals surface area contributed by atoms with Crippen LogP contribution in [0.25, 0.3) is 10.2 Å². The molecule has 0 unspecified atom stereocenters. The first kappa shape index (κ1) is 12.8. The number of hydrogen-bond donors (Lipinski definition) is 1. The van der Waals surface area contributed by atoms with Crippen molar-refractivity contribution in [2.24, 2.45) is 0 Å². The van der Waals surface area contributed by atoms with Gasteiger partial charge in [0.1, 0.15) is 4.70 Å². The van der Waals surface area contributed by atoms with Gasteiger partial charge in [0, 0.05) is 4.47 Å². The topological polar surface area (TPSA) is 37.8 Å². The number of benzene rings is 1. The van der Waals surface area contributed by atoms with Crippen molar-refractivity contribution in [3.63, 3.8) is 0 Å². The number of thiophene rings is 1. The van der Waals surface area contributed by atoms with Crippen molar-refractivity contribution in [3.05, 3.63) is 60.9 Å². The molecule has 19 heavy (non-hydrogen) atoms. The van der Waals surface area contributed by atoms with Crippen LogP contribution in [0.2, 0.25) is 0 Å². The van der Waals surface area contributed by atoms with Crippen LogP contribution in [0.1, 0.15) is 5.56 Å². The summed E-state index contributed by atoms with van der Waals surface area (Å²) in [5.74, 6) is 0. The first-order valence-electron chi connectivity index (χ1n) is 5.60. The predicted octanol–water partition coefficient (Wildman–Crippen LogP) is 3.93. The van der Waals surface area contributed by atoms with E-state index in [2.05, 4.69) is 20.9 Å². The number of aromatic nitrogens is 2. The lowest BCUT2D eigenvalue weighted by Gasteiger charge is -2.08. The number of halogens is 1. The van der Waals surface area contributed by atoms with Crippen LogP contribution in [0.3, 0.4) is 0 Å². The van der Waals surface area contributed by atoms with Gasteiger partial charge in [0.2, 0.25) is 0 Å². The lowest BCUT2D eigenvalue weighted by atomic mass is 10.2. The van der Waals surface area contributed by atoms with Gasteiger partial charge in [-0.1, -0.05) is 34.1 Å². The summed E-state index contributed by atoms with van der Waals surface area (Å²) < 4.78 is 3.73. The van der Waals surface area contributed by atoms with E-state index in [9.17, 15) is 4.79 Å². The zero-order valence-electron chi connectivity index (χ0n) is 9.72. The van der Waals surface area contributed by atoms with Crippen molar-refractivity contribution in [3.8, 4) is 0 Å². The monoisotopic (exact) mass is 352 g/mol. The van der Waals surface area contributed by atoms with Crippen molar-refractivity contribution < 1.29 is 0 Å². The number of rotatable bonds is 2. The van der Waals surface area contributed by atoms with Crippen LogP contribution in [0.15, 0.2) is 45.0 Å². The normalized spacial score (nSPS) is 11.0. The minimum atomic E-state index is -0.0375. The Bertz CT molecular complexity index is 863. The van der Waals surface area contributed by atoms with E-state index in [4.69, 9.17) is 12.2 Å². The molecule has 0 fully saturated rings. The molecule has 2 heterocycles. The predicted molar refractivity (Wildman–Crippen MR) is 84.5 cm³/mol. The molecule has 0 aliphatic heterocycles. The minimum absolute atomic E-state index is 0.0375. The van der Waals surface area contributed by atoms with Gasteiger partial charge in [-0.3, -0.25) is 9.36 Å². The zero-order chi connectivity index (χ0) is 13.4. The molecule has 3 nitrogen and oxygen atoms in total. The maximum Gasteiger partial charge on any atom is 0.272 e. The van der Waals surface area contributed by atoms with Crippen molar-refractivity contribution in [2.45, 2.75) is 6.54 Å². The second-order valence-corrected chi connectivity index (χ2v) is 6.23. The Balaban J connectivity index is 2.18. The Morgan fingerprint density at radius 2 is 2.11 bits per heavy atom. The summed E-state index contributed by atoms with van der Waals surface area (Å²) in [4.78, 5) is 15.5. The second kappa shape index (κ2) is 5.03. The summed E-state index contributed by atoms with van der Waals surface area (Å²) in [6.45, 7) is 0.462. The molecular formula is C13H9BrN2OS2. The number of aromatic amines is 1. The average molecular weight is 353 g/mol. The molecule has 1 N–H and O–H groups in total. The van der Waals surface area contributed by atoms with Crippen LogP contribution in [0.4, 0.5) is 0 Å². The number of nitrogens with zero attached hydrogens (tertiary/aromatic N) is 1. The highest BCUT2D eigenvalue weighted by atomic mass is 79.9. The Morgan fingerprint density at radius 1 is 1.32 bits per heavy atom. The van der Waals surface area contributed by atoms with Crippen LogP contribution in [-0.2, 0) is 6.54 Å². The third-order valence-corrected chi connectivity index (χ3v) is 4.88. The van der Waals surface area contributed by atoms with Gasteiger partial charge < -0.3 is 4.98 Å². The Morgan fingerprint density at radius 3 is 2.89 bits per heavy atom. The molecule has 0 radical (unpaired) electrons. The summed E-state index contributed by atoms with van der Waals surface area (Å²) in [7, 11) is 0. The zero-order valence-corrected chi connectivity index (χ0v) is 12.9. The average Bonchev–Trinajstić information content (AvgIpc) is 2.84. The maximum atomic E-state index is 12.4. The third kappa shape index (κ3) is 2.31. The molecule has 96 valence electrons. The Hall–Kier alpha value is -1.24. The van der Waals surface area contributed by atoms with Crippen molar-refractivity contribution in [1.82, 2.24) is 9.55 Å². The van der Waals surface area contributed by atoms with Gasteiger partial charge in [-0.25, -0.2) is 0 Å². The highest BCUT2D eigenvalue weighted by Crippen LogP contribution is 2.18. The number of H-pyrrole nitrogens is 1. The number of nitrogens with one attached hydrogen (secondary N) is 1. The van der Waals surface area contributed by atoms with Crippen molar-refractivity contribution in [1.29, 1.82) is 0 Å². The minimum Gasteiger partial charge on any atom is -0.331 e. The van der Waals surface area contributed by atoms with Crippen LogP contribution < -0.4 is 5.56 Å². The highest BCUT2D eigenvalue weighted by Gasteiger charge is 2.08. The molecule has 0 saturated heterocycles. The van der Waals surface area contributed by atoms with E-state index in [0.29, 0.717) is 16.0 Å². The largest absolute Gasteiger partial charge is 0.331 e. The lowest BCUT2D eigenvalue weighted by Crippen LogP contribution is -2.22. The van der Waals surface area contributed by atoms with E-state index in [0.717, 1.165) is 15.6 Å². The van der Waals surface area contributed by atoms with E-state index in [-0.39, 0.29) is 5.56 Å². The van der Waals surface area contributed by atoms with Gasteiger partial charge in [0.05, 0.1) is 12.1 Å². The summed E-state index contributed by atoms with van der Waals surface area (Å²) in [6.07, 6.45) is 0. The van der Waals surface area contributed by atoms with Gasteiger partial charge in [-0.2, -0.15) is 0 Å². The standard InChI is InChI=1S/C13H9BrN2OS2/c14-9-4-2-1-3-8(9)7-16-12(17)11-10(5-6-19-11)15-13(16)18/h1-6H,7H2,(H,15,18). The second-order valence-electron chi connectivity index (χ2n) is 4.08. The number of fused-ring (bicyclic) bond motifs is 1. The summed E-state index contributed by atoms with van der Waals surface area (Å²) in [5.41, 5.74) is 1.80. The molecule has 0 saturated carbocycles. The summed E-state index contributed by atoms with van der Waals surface area (Å²) in [5, 5.41) is 1.89. The SMILES string of the molecule is O=c1c2sccc2[nH]c(=S)n1Cc1ccccc1Br. The van der Waals surface area contributed by atoms with Crippen molar-refractivity contribution >= 4 is 49.7 Å². The molecule has 3 aromatic rings. The van der Waals surface area contributed by atoms with Gasteiger partial charge in [0.15, 0.2) is 4.77 Å². The lowest BCUT2D eigenvalue weighted by molar-refractivity contribution is 0.733. The van der Waals surface area contributed by atoms with Crippen LogP contribution >= 0.6 is 39.5 Å². The highest BCUT2D eigenvalue weighted by molar-refractivity contribution is 9.10. The van der Waals surface area contributed by atoms with Gasteiger partial charge in [0.25, 0.3) is 5.56 Å². The molecule has 6 heteroatoms. The van der Waals surface area contributed by atoms with E-state index in [1.54, 1.807) is 4.57 Å². The molecule has 0 amide bonds. The molecule has 2 aromatic heterocycles. The molecule has 0 aliphatic rings. The van der Waals surface area contributed by atoms with E-state index in [1.165, 1.54) is 11.3 Å². The van der Waals surface area contributed by atoms with Crippen LogP contribution in [-0.4, -0.2) is 9.55 Å². The van der Waals surface area contributed by atoms with E-state index in [1.807, 2.05) is 35.7 Å². The third-order valence-electron chi connectivity index (χ3n) is 2.88. The smallest absolute Gasteiger partial charge is 0.272 e. The fraction of sp³-hybridized carbons (Fsp3) is 0.0769. The molecule has 0 bridgehead atoms. The maximum absolute atomic E-state index is 12.4. The first-order chi connectivity index (χ1) is 9.16. The molecule has 0 aliphatic carbocycles. The number of hydrogen-bond acceptors (Lipinski definition) is 3. The van der Waals surface area contributed by atoms with Crippen molar-refractivity contribution in [2.75, 3.05) is 0 Å². The van der Waals surface area contributed by atoms with Crippen LogP contribution in [0, 0.1) is 4.77 Å². The van der Waals surface area contributed by atoms with Gasteiger partial charge in [-0.15, -0.1) is 11.3 Å². The van der Waals surface area contributed by atoms with Gasteiger partial charge in [-0.05, 0) is 35.3 Å². The molecule has 3 rings (SSSR count). The van der Waals surface area contributed by atoms with E-state index < -0.39 is 0 Å². The van der Waals surface area contributed by atoms with E-state index >= 15 is 0 Å². The Labute approximate surface area is 126 Å². The molecule has 0 spiro atoms. The van der Waals surface area contributed by atoms with Crippen LogP contribution in [0.5, 0.6) is 0 Å². The van der Waals surface area contributed by atoms with Gasteiger partial charge >= 0.3 is 0 Å². The quantitative estimate of drug-likeness (QED) is 0.709. The Kier molecular flexibility index (Phi) is 3.38. The fourth-order valence-electron chi connectivity index (χ4n) is 1.91. The molecular weight excluding hydrogens is 344 g/mol.